The van der Waals surface area contributed by atoms with Gasteiger partial charge < -0.3 is 5.32 Å². The standard InChI is InChI=1S/C19H23N/c1-3-5-6-11-19(20-14-4-2)18-13-12-16-9-7-8-10-17(16)15-18/h7-10,12-13,15,19-20H,4,6,11,14H2,1-2H3. The fraction of sp³-hybridized carbons (Fsp3) is 0.368. The van der Waals surface area contributed by atoms with Gasteiger partial charge in [-0.05, 0) is 48.7 Å². The highest BCUT2D eigenvalue weighted by Crippen LogP contribution is 2.23. The van der Waals surface area contributed by atoms with E-state index in [2.05, 4.69) is 66.5 Å². The summed E-state index contributed by atoms with van der Waals surface area (Å²) in [5.41, 5.74) is 1.37. The van der Waals surface area contributed by atoms with Crippen LogP contribution in [0.2, 0.25) is 0 Å². The van der Waals surface area contributed by atoms with Crippen LogP contribution in [0.15, 0.2) is 42.5 Å². The van der Waals surface area contributed by atoms with Crippen molar-refractivity contribution >= 4 is 10.8 Å². The number of hydrogen-bond acceptors (Lipinski definition) is 1. The van der Waals surface area contributed by atoms with Crippen molar-refractivity contribution in [1.29, 1.82) is 0 Å². The first kappa shape index (κ1) is 14.6. The summed E-state index contributed by atoms with van der Waals surface area (Å²) < 4.78 is 0. The van der Waals surface area contributed by atoms with Crippen molar-refractivity contribution < 1.29 is 0 Å². The molecule has 0 saturated carbocycles. The van der Waals surface area contributed by atoms with Gasteiger partial charge in [0.25, 0.3) is 0 Å². The van der Waals surface area contributed by atoms with Gasteiger partial charge in [-0.15, -0.1) is 11.8 Å². The summed E-state index contributed by atoms with van der Waals surface area (Å²) in [5, 5.41) is 6.26. The summed E-state index contributed by atoms with van der Waals surface area (Å²) in [6.07, 6.45) is 3.17. The molecule has 0 amide bonds. The van der Waals surface area contributed by atoms with Crippen LogP contribution in [0.3, 0.4) is 0 Å². The minimum atomic E-state index is 0.403. The zero-order valence-corrected chi connectivity index (χ0v) is 12.4. The van der Waals surface area contributed by atoms with Crippen molar-refractivity contribution in [3.8, 4) is 11.8 Å². The van der Waals surface area contributed by atoms with Crippen molar-refractivity contribution in [3.63, 3.8) is 0 Å². The van der Waals surface area contributed by atoms with Crippen LogP contribution in [0.1, 0.15) is 44.7 Å². The molecule has 1 heteroatoms. The molecule has 0 heterocycles. The van der Waals surface area contributed by atoms with E-state index >= 15 is 0 Å². The first-order valence-corrected chi connectivity index (χ1v) is 7.47. The molecule has 2 aromatic carbocycles. The van der Waals surface area contributed by atoms with Crippen molar-refractivity contribution in [2.75, 3.05) is 6.54 Å². The van der Waals surface area contributed by atoms with Crippen LogP contribution in [-0.4, -0.2) is 6.54 Å². The molecule has 2 aromatic rings. The summed E-state index contributed by atoms with van der Waals surface area (Å²) >= 11 is 0. The van der Waals surface area contributed by atoms with E-state index in [9.17, 15) is 0 Å². The molecule has 0 spiro atoms. The van der Waals surface area contributed by atoms with Crippen molar-refractivity contribution in [2.45, 2.75) is 39.2 Å². The minimum absolute atomic E-state index is 0.403. The fourth-order valence-electron chi connectivity index (χ4n) is 2.47. The van der Waals surface area contributed by atoms with E-state index in [1.54, 1.807) is 0 Å². The molecule has 1 N–H and O–H groups in total. The Hall–Kier alpha value is -1.78. The maximum Gasteiger partial charge on any atom is 0.0329 e. The summed E-state index contributed by atoms with van der Waals surface area (Å²) in [4.78, 5) is 0. The molecule has 0 aliphatic heterocycles. The molecule has 0 fully saturated rings. The Morgan fingerprint density at radius 3 is 2.65 bits per heavy atom. The maximum atomic E-state index is 3.64. The second-order valence-corrected chi connectivity index (χ2v) is 5.08. The zero-order chi connectivity index (χ0) is 14.2. The molecular formula is C19H23N. The third kappa shape index (κ3) is 3.85. The molecule has 0 aliphatic rings. The summed E-state index contributed by atoms with van der Waals surface area (Å²) in [6, 6.07) is 15.7. The smallest absolute Gasteiger partial charge is 0.0329 e. The Bertz CT molecular complexity index is 604. The summed E-state index contributed by atoms with van der Waals surface area (Å²) in [7, 11) is 0. The van der Waals surface area contributed by atoms with Crippen molar-refractivity contribution in [3.05, 3.63) is 48.0 Å². The highest BCUT2D eigenvalue weighted by molar-refractivity contribution is 5.83. The van der Waals surface area contributed by atoms with Crippen molar-refractivity contribution in [1.82, 2.24) is 5.32 Å². The highest BCUT2D eigenvalue weighted by Gasteiger charge is 2.10. The van der Waals surface area contributed by atoms with E-state index < -0.39 is 0 Å². The fourth-order valence-corrected chi connectivity index (χ4v) is 2.47. The average molecular weight is 265 g/mol. The normalized spacial score (nSPS) is 11.9. The number of rotatable bonds is 6. The molecule has 0 saturated heterocycles. The van der Waals surface area contributed by atoms with E-state index in [4.69, 9.17) is 0 Å². The molecule has 2 rings (SSSR count). The first-order valence-electron chi connectivity index (χ1n) is 7.47. The molecule has 0 bridgehead atoms. The largest absolute Gasteiger partial charge is 0.310 e. The van der Waals surface area contributed by atoms with Crippen LogP contribution < -0.4 is 5.32 Å². The lowest BCUT2D eigenvalue weighted by atomic mass is 9.98. The Balaban J connectivity index is 2.21. The van der Waals surface area contributed by atoms with E-state index in [1.807, 2.05) is 6.92 Å². The van der Waals surface area contributed by atoms with Crippen LogP contribution in [-0.2, 0) is 0 Å². The van der Waals surface area contributed by atoms with Gasteiger partial charge in [0.05, 0.1) is 0 Å². The van der Waals surface area contributed by atoms with Gasteiger partial charge in [0, 0.05) is 12.5 Å². The van der Waals surface area contributed by atoms with Crippen LogP contribution in [0.25, 0.3) is 10.8 Å². The van der Waals surface area contributed by atoms with Gasteiger partial charge in [-0.25, -0.2) is 0 Å². The van der Waals surface area contributed by atoms with Crippen LogP contribution >= 0.6 is 0 Å². The van der Waals surface area contributed by atoms with Gasteiger partial charge >= 0.3 is 0 Å². The van der Waals surface area contributed by atoms with E-state index in [0.29, 0.717) is 6.04 Å². The Labute approximate surface area is 122 Å². The highest BCUT2D eigenvalue weighted by atomic mass is 14.9. The number of nitrogens with one attached hydrogen (secondary N) is 1. The second-order valence-electron chi connectivity index (χ2n) is 5.08. The Kier molecular flexibility index (Phi) is 5.65. The molecule has 0 radical (unpaired) electrons. The van der Waals surface area contributed by atoms with Crippen LogP contribution in [0, 0.1) is 11.8 Å². The van der Waals surface area contributed by atoms with Gasteiger partial charge in [-0.2, -0.15) is 0 Å². The van der Waals surface area contributed by atoms with Crippen molar-refractivity contribution in [2.24, 2.45) is 0 Å². The number of benzene rings is 2. The second kappa shape index (κ2) is 7.72. The molecule has 1 nitrogen and oxygen atoms in total. The summed E-state index contributed by atoms with van der Waals surface area (Å²) in [6.45, 7) is 5.16. The van der Waals surface area contributed by atoms with E-state index in [1.165, 1.54) is 16.3 Å². The Morgan fingerprint density at radius 1 is 1.10 bits per heavy atom. The molecule has 1 unspecified atom stereocenters. The molecule has 104 valence electrons. The number of fused-ring (bicyclic) bond motifs is 1. The lowest BCUT2D eigenvalue weighted by molar-refractivity contribution is 0.506. The number of hydrogen-bond donors (Lipinski definition) is 1. The SMILES string of the molecule is CC#CCCC(NCCC)c1ccc2ccccc2c1. The topological polar surface area (TPSA) is 12.0 Å². The van der Waals surface area contributed by atoms with E-state index in [-0.39, 0.29) is 0 Å². The third-order valence-corrected chi connectivity index (χ3v) is 3.55. The predicted molar refractivity (Wildman–Crippen MR) is 87.7 cm³/mol. The van der Waals surface area contributed by atoms with E-state index in [0.717, 1.165) is 25.8 Å². The predicted octanol–water partition coefficient (Wildman–Crippen LogP) is 4.68. The van der Waals surface area contributed by atoms with Gasteiger partial charge in [0.15, 0.2) is 0 Å². The molecular weight excluding hydrogens is 242 g/mol. The molecule has 0 aliphatic carbocycles. The lowest BCUT2D eigenvalue weighted by Gasteiger charge is -2.18. The first-order chi connectivity index (χ1) is 9.85. The molecule has 0 aromatic heterocycles. The quantitative estimate of drug-likeness (QED) is 0.747. The van der Waals surface area contributed by atoms with Gasteiger partial charge in [-0.1, -0.05) is 43.3 Å². The maximum absolute atomic E-state index is 3.64. The Morgan fingerprint density at radius 2 is 1.90 bits per heavy atom. The van der Waals surface area contributed by atoms with Gasteiger partial charge in [0.1, 0.15) is 0 Å². The average Bonchev–Trinajstić information content (AvgIpc) is 2.50. The van der Waals surface area contributed by atoms with Gasteiger partial charge in [0.2, 0.25) is 0 Å². The summed E-state index contributed by atoms with van der Waals surface area (Å²) in [5.74, 6) is 6.15. The van der Waals surface area contributed by atoms with Crippen LogP contribution in [0.4, 0.5) is 0 Å². The van der Waals surface area contributed by atoms with Crippen LogP contribution in [0.5, 0.6) is 0 Å². The minimum Gasteiger partial charge on any atom is -0.310 e. The molecule has 1 atom stereocenters. The zero-order valence-electron chi connectivity index (χ0n) is 12.4. The monoisotopic (exact) mass is 265 g/mol. The molecule has 20 heavy (non-hydrogen) atoms. The third-order valence-electron chi connectivity index (χ3n) is 3.55. The lowest BCUT2D eigenvalue weighted by Crippen LogP contribution is -2.22. The van der Waals surface area contributed by atoms with Gasteiger partial charge in [-0.3, -0.25) is 0 Å².